The molecule has 2 nitrogen and oxygen atoms in total. The van der Waals surface area contributed by atoms with E-state index in [-0.39, 0.29) is 5.54 Å². The van der Waals surface area contributed by atoms with E-state index in [1.165, 1.54) is 0 Å². The third-order valence-electron chi connectivity index (χ3n) is 2.30. The van der Waals surface area contributed by atoms with Crippen molar-refractivity contribution >= 4 is 44.9 Å². The molecule has 1 aromatic rings. The van der Waals surface area contributed by atoms with Gasteiger partial charge in [-0.25, -0.2) is 4.98 Å². The molecular formula is C9H9BrCl2N2. The Morgan fingerprint density at radius 1 is 1.57 bits per heavy atom. The van der Waals surface area contributed by atoms with Crippen LogP contribution in [0.2, 0.25) is 5.02 Å². The van der Waals surface area contributed by atoms with Gasteiger partial charge in [-0.3, -0.25) is 0 Å². The molecule has 1 aliphatic carbocycles. The molecule has 1 fully saturated rings. The number of nitrogens with one attached hydrogen (secondary N) is 1. The van der Waals surface area contributed by atoms with E-state index in [1.54, 1.807) is 6.20 Å². The van der Waals surface area contributed by atoms with Crippen LogP contribution in [0, 0.1) is 0 Å². The predicted molar refractivity (Wildman–Crippen MR) is 63.3 cm³/mol. The van der Waals surface area contributed by atoms with Gasteiger partial charge in [-0.05, 0) is 34.8 Å². The molecule has 0 amide bonds. The van der Waals surface area contributed by atoms with E-state index < -0.39 is 0 Å². The van der Waals surface area contributed by atoms with E-state index in [4.69, 9.17) is 23.2 Å². The number of pyridine rings is 1. The summed E-state index contributed by atoms with van der Waals surface area (Å²) >= 11 is 15.2. The maximum atomic E-state index is 6.02. The second-order valence-corrected chi connectivity index (χ2v) is 5.11. The molecule has 0 atom stereocenters. The molecule has 1 aliphatic rings. The van der Waals surface area contributed by atoms with Gasteiger partial charge in [0.1, 0.15) is 5.82 Å². The van der Waals surface area contributed by atoms with Crippen LogP contribution < -0.4 is 5.32 Å². The first-order chi connectivity index (χ1) is 6.65. The number of nitrogens with zero attached hydrogens (tertiary/aromatic N) is 1. The van der Waals surface area contributed by atoms with Gasteiger partial charge in [-0.1, -0.05) is 11.6 Å². The van der Waals surface area contributed by atoms with Crippen LogP contribution in [0.3, 0.4) is 0 Å². The van der Waals surface area contributed by atoms with E-state index in [1.807, 2.05) is 6.07 Å². The van der Waals surface area contributed by atoms with Gasteiger partial charge in [0.15, 0.2) is 0 Å². The quantitative estimate of drug-likeness (QED) is 0.861. The normalized spacial score (nSPS) is 17.9. The third kappa shape index (κ3) is 2.15. The molecule has 5 heteroatoms. The average molecular weight is 296 g/mol. The zero-order valence-electron chi connectivity index (χ0n) is 7.36. The second-order valence-electron chi connectivity index (χ2n) is 3.52. The minimum atomic E-state index is 0.0338. The van der Waals surface area contributed by atoms with Crippen molar-refractivity contribution in [2.24, 2.45) is 0 Å². The third-order valence-corrected chi connectivity index (χ3v) is 3.53. The van der Waals surface area contributed by atoms with Crippen LogP contribution in [0.25, 0.3) is 0 Å². The Balaban J connectivity index is 2.17. The van der Waals surface area contributed by atoms with Crippen molar-refractivity contribution in [2.45, 2.75) is 18.4 Å². The first-order valence-corrected chi connectivity index (χ1v) is 6.01. The van der Waals surface area contributed by atoms with Crippen LogP contribution >= 0.6 is 39.1 Å². The Hall–Kier alpha value is 0.01000. The lowest BCUT2D eigenvalue weighted by atomic mass is 10.3. The number of halogens is 3. The van der Waals surface area contributed by atoms with E-state index in [0.717, 1.165) is 17.3 Å². The van der Waals surface area contributed by atoms with Gasteiger partial charge >= 0.3 is 0 Å². The fourth-order valence-electron chi connectivity index (χ4n) is 1.20. The lowest BCUT2D eigenvalue weighted by molar-refractivity contribution is 0.829. The Morgan fingerprint density at radius 2 is 2.29 bits per heavy atom. The van der Waals surface area contributed by atoms with Gasteiger partial charge < -0.3 is 5.32 Å². The van der Waals surface area contributed by atoms with Crippen LogP contribution in [0.5, 0.6) is 0 Å². The molecule has 2 rings (SSSR count). The molecule has 0 saturated heterocycles. The summed E-state index contributed by atoms with van der Waals surface area (Å²) in [7, 11) is 0. The van der Waals surface area contributed by atoms with Crippen molar-refractivity contribution in [2.75, 3.05) is 11.2 Å². The molecule has 0 aromatic carbocycles. The zero-order chi connectivity index (χ0) is 10.2. The maximum absolute atomic E-state index is 6.02. The SMILES string of the molecule is ClCC1(Nc2ncc(Br)cc2Cl)CC1. The Morgan fingerprint density at radius 3 is 2.79 bits per heavy atom. The summed E-state index contributed by atoms with van der Waals surface area (Å²) in [6, 6.07) is 1.82. The minimum Gasteiger partial charge on any atom is -0.362 e. The maximum Gasteiger partial charge on any atom is 0.145 e. The standard InChI is InChI=1S/C9H9BrCl2N2/c10-6-3-7(12)8(13-4-6)14-9(5-11)1-2-9/h3-4H,1-2,5H2,(H,13,14). The molecule has 0 aliphatic heterocycles. The number of hydrogen-bond acceptors (Lipinski definition) is 2. The number of anilines is 1. The van der Waals surface area contributed by atoms with Crippen molar-refractivity contribution in [3.05, 3.63) is 21.8 Å². The van der Waals surface area contributed by atoms with E-state index in [2.05, 4.69) is 26.2 Å². The van der Waals surface area contributed by atoms with Crippen LogP contribution in [-0.2, 0) is 0 Å². The highest BCUT2D eigenvalue weighted by molar-refractivity contribution is 9.10. The second kappa shape index (κ2) is 3.87. The lowest BCUT2D eigenvalue weighted by Gasteiger charge is -2.15. The molecule has 76 valence electrons. The number of aromatic nitrogens is 1. The fourth-order valence-corrected chi connectivity index (χ4v) is 2.21. The van der Waals surface area contributed by atoms with Crippen LogP contribution in [0.1, 0.15) is 12.8 Å². The van der Waals surface area contributed by atoms with Crippen LogP contribution in [0.15, 0.2) is 16.7 Å². The number of alkyl halides is 1. The van der Waals surface area contributed by atoms with Crippen molar-refractivity contribution < 1.29 is 0 Å². The molecule has 1 N–H and O–H groups in total. The van der Waals surface area contributed by atoms with E-state index >= 15 is 0 Å². The van der Waals surface area contributed by atoms with Gasteiger partial charge in [0.2, 0.25) is 0 Å². The largest absolute Gasteiger partial charge is 0.362 e. The molecule has 0 bridgehead atoms. The highest BCUT2D eigenvalue weighted by Crippen LogP contribution is 2.40. The zero-order valence-corrected chi connectivity index (χ0v) is 10.5. The summed E-state index contributed by atoms with van der Waals surface area (Å²) in [6.45, 7) is 0. The summed E-state index contributed by atoms with van der Waals surface area (Å²) < 4.78 is 0.878. The summed E-state index contributed by atoms with van der Waals surface area (Å²) in [5.41, 5.74) is 0.0338. The first-order valence-electron chi connectivity index (χ1n) is 4.30. The minimum absolute atomic E-state index is 0.0338. The smallest absolute Gasteiger partial charge is 0.145 e. The summed E-state index contributed by atoms with van der Waals surface area (Å²) in [4.78, 5) is 4.20. The predicted octanol–water partition coefficient (Wildman–Crippen LogP) is 3.68. The van der Waals surface area contributed by atoms with E-state index in [0.29, 0.717) is 16.7 Å². The van der Waals surface area contributed by atoms with Gasteiger partial charge in [0.05, 0.1) is 10.6 Å². The molecular weight excluding hydrogens is 287 g/mol. The fraction of sp³-hybridized carbons (Fsp3) is 0.444. The molecule has 14 heavy (non-hydrogen) atoms. The highest BCUT2D eigenvalue weighted by Gasteiger charge is 2.42. The topological polar surface area (TPSA) is 24.9 Å². The molecule has 0 radical (unpaired) electrons. The first kappa shape index (κ1) is 10.5. The van der Waals surface area contributed by atoms with Crippen LogP contribution in [-0.4, -0.2) is 16.4 Å². The van der Waals surface area contributed by atoms with E-state index in [9.17, 15) is 0 Å². The molecule has 1 aromatic heterocycles. The molecule has 1 heterocycles. The van der Waals surface area contributed by atoms with Gasteiger partial charge in [-0.2, -0.15) is 0 Å². The van der Waals surface area contributed by atoms with Gasteiger partial charge in [-0.15, -0.1) is 11.6 Å². The summed E-state index contributed by atoms with van der Waals surface area (Å²) in [6.07, 6.45) is 3.90. The van der Waals surface area contributed by atoms with Crippen LogP contribution in [0.4, 0.5) is 5.82 Å². The van der Waals surface area contributed by atoms with Gasteiger partial charge in [0.25, 0.3) is 0 Å². The Kier molecular flexibility index (Phi) is 2.91. The number of hydrogen-bond donors (Lipinski definition) is 1. The molecule has 0 spiro atoms. The monoisotopic (exact) mass is 294 g/mol. The average Bonchev–Trinajstić information content (AvgIpc) is 2.91. The lowest BCUT2D eigenvalue weighted by Crippen LogP contribution is -2.23. The summed E-state index contributed by atoms with van der Waals surface area (Å²) in [5, 5.41) is 3.90. The number of rotatable bonds is 3. The van der Waals surface area contributed by atoms with Crippen molar-refractivity contribution in [1.82, 2.24) is 4.98 Å². The van der Waals surface area contributed by atoms with Crippen molar-refractivity contribution in [3.8, 4) is 0 Å². The van der Waals surface area contributed by atoms with Gasteiger partial charge in [0, 0.05) is 16.5 Å². The summed E-state index contributed by atoms with van der Waals surface area (Å²) in [5.74, 6) is 1.31. The molecule has 0 unspecified atom stereocenters. The Bertz CT molecular complexity index is 353. The van der Waals surface area contributed by atoms with Crippen molar-refractivity contribution in [3.63, 3.8) is 0 Å². The van der Waals surface area contributed by atoms with Crippen molar-refractivity contribution in [1.29, 1.82) is 0 Å². The molecule has 1 saturated carbocycles. The highest BCUT2D eigenvalue weighted by atomic mass is 79.9. The Labute approximate surface area is 101 Å².